The highest BCUT2D eigenvalue weighted by molar-refractivity contribution is 4.49. The van der Waals surface area contributed by atoms with Crippen LogP contribution in [-0.2, 0) is 47.4 Å². The van der Waals surface area contributed by atoms with Gasteiger partial charge in [0.2, 0.25) is 0 Å². The second kappa shape index (κ2) is 47.6. The summed E-state index contributed by atoms with van der Waals surface area (Å²) in [7, 11) is 0. The van der Waals surface area contributed by atoms with Crippen molar-refractivity contribution in [1.82, 2.24) is 0 Å². The molecule has 0 N–H and O–H groups in total. The van der Waals surface area contributed by atoms with Crippen LogP contribution >= 0.6 is 0 Å². The van der Waals surface area contributed by atoms with Gasteiger partial charge in [-0.2, -0.15) is 0 Å². The fourth-order valence-corrected chi connectivity index (χ4v) is 4.93. The molecule has 0 fully saturated rings. The standard InChI is InChI=1S/C39H80O10/c1-3-5-7-9-10-11-12-13-14-15-16-17-19-21-41-23-25-43-27-29-45-31-33-47-35-37-49-39-38-48-36-34-46-32-30-44-28-26-42-24-22-40-20-18-8-6-4-2/h3-39H2,1-2H3. The van der Waals surface area contributed by atoms with E-state index in [1.54, 1.807) is 0 Å². The molecule has 49 heavy (non-hydrogen) atoms. The number of hydrogen-bond acceptors (Lipinski definition) is 10. The normalized spacial score (nSPS) is 11.6. The molecule has 0 radical (unpaired) electrons. The van der Waals surface area contributed by atoms with Gasteiger partial charge < -0.3 is 47.4 Å². The van der Waals surface area contributed by atoms with Crippen LogP contribution in [0.2, 0.25) is 0 Å². The van der Waals surface area contributed by atoms with E-state index in [1.165, 1.54) is 96.3 Å². The Labute approximate surface area is 302 Å². The summed E-state index contributed by atoms with van der Waals surface area (Å²) in [5.41, 5.74) is 0. The quantitative estimate of drug-likeness (QED) is 0.0583. The van der Waals surface area contributed by atoms with E-state index < -0.39 is 0 Å². The van der Waals surface area contributed by atoms with Crippen molar-refractivity contribution in [2.75, 3.05) is 132 Å². The molecule has 0 amide bonds. The molecule has 0 aliphatic carbocycles. The number of hydrogen-bond donors (Lipinski definition) is 0. The van der Waals surface area contributed by atoms with E-state index in [1.807, 2.05) is 0 Å². The first-order valence-electron chi connectivity index (χ1n) is 20.2. The average molecular weight is 709 g/mol. The Morgan fingerprint density at radius 1 is 0.163 bits per heavy atom. The van der Waals surface area contributed by atoms with Gasteiger partial charge in [0.15, 0.2) is 0 Å². The highest BCUT2D eigenvalue weighted by atomic mass is 16.6. The van der Waals surface area contributed by atoms with Crippen molar-refractivity contribution in [3.05, 3.63) is 0 Å². The maximum atomic E-state index is 5.68. The Bertz CT molecular complexity index is 512. The van der Waals surface area contributed by atoms with Gasteiger partial charge in [0.1, 0.15) is 0 Å². The van der Waals surface area contributed by atoms with Gasteiger partial charge in [-0.1, -0.05) is 110 Å². The van der Waals surface area contributed by atoms with Crippen LogP contribution in [0.25, 0.3) is 0 Å². The zero-order valence-corrected chi connectivity index (χ0v) is 32.2. The average Bonchev–Trinajstić information content (AvgIpc) is 3.11. The van der Waals surface area contributed by atoms with E-state index in [-0.39, 0.29) is 0 Å². The van der Waals surface area contributed by atoms with Crippen LogP contribution in [0.5, 0.6) is 0 Å². The Balaban J connectivity index is 3.04. The third kappa shape index (κ3) is 47.6. The lowest BCUT2D eigenvalue weighted by molar-refractivity contribution is -0.0264. The first-order valence-corrected chi connectivity index (χ1v) is 20.2. The van der Waals surface area contributed by atoms with Crippen molar-refractivity contribution >= 4 is 0 Å². The first-order chi connectivity index (χ1) is 24.4. The van der Waals surface area contributed by atoms with Crippen molar-refractivity contribution in [3.8, 4) is 0 Å². The molecule has 0 saturated carbocycles. The lowest BCUT2D eigenvalue weighted by Gasteiger charge is -2.09. The highest BCUT2D eigenvalue weighted by Crippen LogP contribution is 2.12. The topological polar surface area (TPSA) is 92.3 Å². The molecular weight excluding hydrogens is 628 g/mol. The summed E-state index contributed by atoms with van der Waals surface area (Å²) in [6.07, 6.45) is 22.7. The van der Waals surface area contributed by atoms with Crippen molar-refractivity contribution in [2.24, 2.45) is 0 Å². The van der Waals surface area contributed by atoms with Crippen molar-refractivity contribution in [2.45, 2.75) is 123 Å². The molecule has 0 rings (SSSR count). The first kappa shape index (κ1) is 48.6. The summed E-state index contributed by atoms with van der Waals surface area (Å²) in [4.78, 5) is 0. The van der Waals surface area contributed by atoms with Crippen LogP contribution < -0.4 is 0 Å². The molecular formula is C39H80O10. The minimum Gasteiger partial charge on any atom is -0.379 e. The van der Waals surface area contributed by atoms with Gasteiger partial charge >= 0.3 is 0 Å². The second-order valence-corrected chi connectivity index (χ2v) is 12.4. The second-order valence-electron chi connectivity index (χ2n) is 12.4. The van der Waals surface area contributed by atoms with Crippen LogP contribution in [0.15, 0.2) is 0 Å². The third-order valence-electron chi connectivity index (χ3n) is 7.88. The van der Waals surface area contributed by atoms with E-state index in [4.69, 9.17) is 47.4 Å². The summed E-state index contributed by atoms with van der Waals surface area (Å²) < 4.78 is 55.4. The third-order valence-corrected chi connectivity index (χ3v) is 7.88. The molecule has 10 nitrogen and oxygen atoms in total. The minimum absolute atomic E-state index is 0.535. The fourth-order valence-electron chi connectivity index (χ4n) is 4.93. The molecule has 0 saturated heterocycles. The van der Waals surface area contributed by atoms with Gasteiger partial charge in [-0.25, -0.2) is 0 Å². The molecule has 296 valence electrons. The van der Waals surface area contributed by atoms with Crippen LogP contribution in [-0.4, -0.2) is 132 Å². The highest BCUT2D eigenvalue weighted by Gasteiger charge is 1.98. The molecule has 0 spiro atoms. The van der Waals surface area contributed by atoms with Gasteiger partial charge in [-0.05, 0) is 12.8 Å². The molecule has 0 aliphatic heterocycles. The maximum absolute atomic E-state index is 5.68. The van der Waals surface area contributed by atoms with E-state index in [0.717, 1.165) is 26.1 Å². The van der Waals surface area contributed by atoms with Crippen LogP contribution in [0.3, 0.4) is 0 Å². The molecule has 0 unspecified atom stereocenters. The fraction of sp³-hybridized carbons (Fsp3) is 1.00. The zero-order chi connectivity index (χ0) is 35.2. The predicted octanol–water partition coefficient (Wildman–Crippen LogP) is 7.82. The monoisotopic (exact) mass is 709 g/mol. The Hall–Kier alpha value is -0.400. The van der Waals surface area contributed by atoms with Gasteiger partial charge in [-0.3, -0.25) is 0 Å². The molecule has 0 heterocycles. The summed E-state index contributed by atoms with van der Waals surface area (Å²) in [6, 6.07) is 0. The smallest absolute Gasteiger partial charge is 0.0701 e. The van der Waals surface area contributed by atoms with Crippen molar-refractivity contribution in [1.29, 1.82) is 0 Å². The summed E-state index contributed by atoms with van der Waals surface area (Å²) in [5.74, 6) is 0. The van der Waals surface area contributed by atoms with Gasteiger partial charge in [0, 0.05) is 13.2 Å². The SMILES string of the molecule is CCCCCCCCCCCCCCCOCCOCCOCCOCCOCCOCCOCCOCCOCCOCCCCCC. The molecule has 0 aromatic heterocycles. The minimum atomic E-state index is 0.535. The van der Waals surface area contributed by atoms with E-state index in [0.29, 0.717) is 119 Å². The molecule has 0 atom stereocenters. The summed E-state index contributed by atoms with van der Waals surface area (Å²) in [5, 5.41) is 0. The van der Waals surface area contributed by atoms with Gasteiger partial charge in [-0.15, -0.1) is 0 Å². The van der Waals surface area contributed by atoms with E-state index >= 15 is 0 Å². The lowest BCUT2D eigenvalue weighted by Crippen LogP contribution is -2.15. The number of ether oxygens (including phenoxy) is 10. The summed E-state index contributed by atoms with van der Waals surface area (Å²) in [6.45, 7) is 16.4. The predicted molar refractivity (Wildman–Crippen MR) is 198 cm³/mol. The Morgan fingerprint density at radius 3 is 0.510 bits per heavy atom. The molecule has 0 aromatic rings. The maximum Gasteiger partial charge on any atom is 0.0701 e. The zero-order valence-electron chi connectivity index (χ0n) is 32.2. The number of rotatable bonds is 46. The van der Waals surface area contributed by atoms with Crippen LogP contribution in [0, 0.1) is 0 Å². The molecule has 0 bridgehead atoms. The molecule has 0 aromatic carbocycles. The van der Waals surface area contributed by atoms with E-state index in [9.17, 15) is 0 Å². The van der Waals surface area contributed by atoms with Gasteiger partial charge in [0.05, 0.1) is 119 Å². The van der Waals surface area contributed by atoms with Crippen LogP contribution in [0.4, 0.5) is 0 Å². The Kier molecular flexibility index (Phi) is 47.2. The van der Waals surface area contributed by atoms with Gasteiger partial charge in [0.25, 0.3) is 0 Å². The molecule has 10 heteroatoms. The lowest BCUT2D eigenvalue weighted by atomic mass is 10.0. The summed E-state index contributed by atoms with van der Waals surface area (Å²) >= 11 is 0. The number of unbranched alkanes of at least 4 members (excludes halogenated alkanes) is 15. The van der Waals surface area contributed by atoms with E-state index in [2.05, 4.69) is 13.8 Å². The van der Waals surface area contributed by atoms with Crippen molar-refractivity contribution in [3.63, 3.8) is 0 Å². The van der Waals surface area contributed by atoms with Crippen molar-refractivity contribution < 1.29 is 47.4 Å². The molecule has 0 aliphatic rings. The Morgan fingerprint density at radius 2 is 0.306 bits per heavy atom. The van der Waals surface area contributed by atoms with Crippen LogP contribution in [0.1, 0.15) is 123 Å². The largest absolute Gasteiger partial charge is 0.379 e.